The van der Waals surface area contributed by atoms with Crippen LogP contribution in [0, 0.1) is 5.92 Å². The molecule has 1 aliphatic heterocycles. The van der Waals surface area contributed by atoms with E-state index in [4.69, 9.17) is 14.2 Å². The monoisotopic (exact) mass is 495 g/mol. The summed E-state index contributed by atoms with van der Waals surface area (Å²) in [6.07, 6.45) is 12.3. The third-order valence-electron chi connectivity index (χ3n) is 7.85. The van der Waals surface area contributed by atoms with Crippen LogP contribution in [0.3, 0.4) is 0 Å². The van der Waals surface area contributed by atoms with Crippen LogP contribution in [0.15, 0.2) is 22.7 Å². The van der Waals surface area contributed by atoms with Gasteiger partial charge in [0.25, 0.3) is 0 Å². The molecular formula is C27H33N3O4S. The Morgan fingerprint density at radius 2 is 1.91 bits per heavy atom. The van der Waals surface area contributed by atoms with Gasteiger partial charge < -0.3 is 19.3 Å². The van der Waals surface area contributed by atoms with Crippen LogP contribution < -0.4 is 4.90 Å². The summed E-state index contributed by atoms with van der Waals surface area (Å²) < 4.78 is 13.2. The van der Waals surface area contributed by atoms with Crippen LogP contribution >= 0.6 is 11.3 Å². The maximum Gasteiger partial charge on any atom is 0.335 e. The van der Waals surface area contributed by atoms with Crippen molar-refractivity contribution >= 4 is 32.7 Å². The highest BCUT2D eigenvalue weighted by molar-refractivity contribution is 7.22. The van der Waals surface area contributed by atoms with Crippen molar-refractivity contribution in [1.82, 2.24) is 10.1 Å². The Kier molecular flexibility index (Phi) is 6.50. The molecule has 7 nitrogen and oxygen atoms in total. The number of aromatic carboxylic acids is 1. The number of benzene rings is 1. The zero-order valence-corrected chi connectivity index (χ0v) is 20.9. The first kappa shape index (κ1) is 23.0. The zero-order chi connectivity index (χ0) is 23.8. The van der Waals surface area contributed by atoms with Crippen molar-refractivity contribution in [3.63, 3.8) is 0 Å². The minimum atomic E-state index is -0.903. The molecule has 0 spiro atoms. The topological polar surface area (TPSA) is 88.7 Å². The van der Waals surface area contributed by atoms with E-state index in [0.717, 1.165) is 65.1 Å². The highest BCUT2D eigenvalue weighted by Crippen LogP contribution is 2.43. The Morgan fingerprint density at radius 3 is 2.66 bits per heavy atom. The van der Waals surface area contributed by atoms with E-state index in [2.05, 4.69) is 10.1 Å². The smallest absolute Gasteiger partial charge is 0.335 e. The molecule has 0 bridgehead atoms. The first-order valence-electron chi connectivity index (χ1n) is 13.1. The number of thiazole rings is 1. The van der Waals surface area contributed by atoms with Gasteiger partial charge in [0.15, 0.2) is 5.13 Å². The molecule has 1 N–H and O–H groups in total. The number of hydrogen-bond acceptors (Lipinski definition) is 7. The van der Waals surface area contributed by atoms with Crippen LogP contribution in [0.4, 0.5) is 5.13 Å². The Balaban J connectivity index is 1.07. The fourth-order valence-electron chi connectivity index (χ4n) is 5.60. The van der Waals surface area contributed by atoms with Gasteiger partial charge in [0.2, 0.25) is 0 Å². The molecule has 6 rings (SSSR count). The molecule has 186 valence electrons. The van der Waals surface area contributed by atoms with Gasteiger partial charge >= 0.3 is 5.97 Å². The van der Waals surface area contributed by atoms with Gasteiger partial charge in [-0.25, -0.2) is 9.78 Å². The number of ether oxygens (including phenoxy) is 1. The van der Waals surface area contributed by atoms with Crippen LogP contribution in [0.1, 0.15) is 91.1 Å². The van der Waals surface area contributed by atoms with E-state index in [-0.39, 0.29) is 6.10 Å². The molecular weight excluding hydrogens is 462 g/mol. The van der Waals surface area contributed by atoms with Gasteiger partial charge in [-0.15, -0.1) is 0 Å². The third-order valence-corrected chi connectivity index (χ3v) is 8.93. The maximum atomic E-state index is 11.3. The number of nitrogens with zero attached hydrogens (tertiary/aromatic N) is 3. The van der Waals surface area contributed by atoms with E-state index in [9.17, 15) is 9.90 Å². The molecule has 0 atom stereocenters. The fourth-order valence-corrected chi connectivity index (χ4v) is 6.65. The van der Waals surface area contributed by atoms with Gasteiger partial charge in [-0.2, -0.15) is 0 Å². The summed E-state index contributed by atoms with van der Waals surface area (Å²) in [6.45, 7) is 2.40. The van der Waals surface area contributed by atoms with E-state index in [1.807, 2.05) is 0 Å². The highest BCUT2D eigenvalue weighted by atomic mass is 32.1. The van der Waals surface area contributed by atoms with Gasteiger partial charge in [-0.3, -0.25) is 0 Å². The second-order valence-electron chi connectivity index (χ2n) is 10.4. The Hall–Kier alpha value is -2.45. The molecule has 2 saturated carbocycles. The van der Waals surface area contributed by atoms with E-state index < -0.39 is 5.97 Å². The van der Waals surface area contributed by atoms with Gasteiger partial charge in [0.1, 0.15) is 5.76 Å². The summed E-state index contributed by atoms with van der Waals surface area (Å²) in [4.78, 5) is 18.3. The predicted octanol–water partition coefficient (Wildman–Crippen LogP) is 6.17. The first-order chi connectivity index (χ1) is 17.1. The van der Waals surface area contributed by atoms with Gasteiger partial charge in [-0.1, -0.05) is 48.6 Å². The summed E-state index contributed by atoms with van der Waals surface area (Å²) >= 11 is 1.57. The first-order valence-corrected chi connectivity index (χ1v) is 13.9. The second-order valence-corrected chi connectivity index (χ2v) is 11.4. The average Bonchev–Trinajstić information content (AvgIpc) is 3.51. The number of piperidine rings is 1. The lowest BCUT2D eigenvalue weighted by atomic mass is 9.85. The molecule has 3 aromatic rings. The molecule has 3 fully saturated rings. The summed E-state index contributed by atoms with van der Waals surface area (Å²) in [6, 6.07) is 5.14. The number of hydrogen-bond donors (Lipinski definition) is 1. The van der Waals surface area contributed by atoms with Gasteiger partial charge in [0, 0.05) is 24.6 Å². The number of carboxylic acids is 1. The number of anilines is 1. The quantitative estimate of drug-likeness (QED) is 0.400. The molecule has 2 aliphatic carbocycles. The van der Waals surface area contributed by atoms with E-state index in [0.29, 0.717) is 18.1 Å². The largest absolute Gasteiger partial charge is 0.478 e. The molecule has 1 saturated heterocycles. The van der Waals surface area contributed by atoms with E-state index in [1.165, 1.54) is 50.5 Å². The molecule has 0 unspecified atom stereocenters. The van der Waals surface area contributed by atoms with Crippen molar-refractivity contribution in [2.24, 2.45) is 5.92 Å². The summed E-state index contributed by atoms with van der Waals surface area (Å²) in [5.74, 6) is 1.47. The Labute approximate surface area is 209 Å². The van der Waals surface area contributed by atoms with E-state index in [1.54, 1.807) is 29.5 Å². The molecule has 0 radical (unpaired) electrons. The van der Waals surface area contributed by atoms with Crippen molar-refractivity contribution < 1.29 is 19.2 Å². The van der Waals surface area contributed by atoms with Crippen LogP contribution in [0.5, 0.6) is 0 Å². The van der Waals surface area contributed by atoms with Crippen molar-refractivity contribution in [2.75, 3.05) is 18.0 Å². The zero-order valence-electron chi connectivity index (χ0n) is 20.1. The standard InChI is InChI=1S/C27H33N3O4S/c31-26(32)19-8-9-22-24(15-19)35-27(28-22)30-12-10-20(11-13-30)33-16-21-23(14-17-4-2-1-3-5-17)29-34-25(21)18-6-7-18/h8-9,15,17-18,20H,1-7,10-14,16H2,(H,31,32). The fraction of sp³-hybridized carbons (Fsp3) is 0.593. The lowest BCUT2D eigenvalue weighted by Gasteiger charge is -2.31. The number of rotatable bonds is 8. The maximum absolute atomic E-state index is 11.3. The van der Waals surface area contributed by atoms with Gasteiger partial charge in [0.05, 0.1) is 34.2 Å². The normalized spacial score (nSPS) is 20.1. The van der Waals surface area contributed by atoms with E-state index >= 15 is 0 Å². The van der Waals surface area contributed by atoms with Crippen molar-refractivity contribution in [3.05, 3.63) is 40.8 Å². The number of fused-ring (bicyclic) bond motifs is 1. The van der Waals surface area contributed by atoms with Crippen molar-refractivity contribution in [1.29, 1.82) is 0 Å². The molecule has 0 amide bonds. The van der Waals surface area contributed by atoms with Crippen LogP contribution in [0.25, 0.3) is 10.2 Å². The van der Waals surface area contributed by atoms with Crippen molar-refractivity contribution in [2.45, 2.75) is 82.8 Å². The van der Waals surface area contributed by atoms with Crippen LogP contribution in [0.2, 0.25) is 0 Å². The lowest BCUT2D eigenvalue weighted by Crippen LogP contribution is -2.37. The number of aromatic nitrogens is 2. The SMILES string of the molecule is O=C(O)c1ccc2nc(N3CCC(OCc4c(CC5CCCCC5)noc4C4CC4)CC3)sc2c1. The predicted molar refractivity (Wildman–Crippen MR) is 135 cm³/mol. The molecule has 2 aromatic heterocycles. The van der Waals surface area contributed by atoms with Crippen LogP contribution in [-0.2, 0) is 17.8 Å². The molecule has 1 aromatic carbocycles. The Bertz CT molecular complexity index is 1190. The number of carboxylic acid groups (broad SMARTS) is 1. The minimum absolute atomic E-state index is 0.226. The third kappa shape index (κ3) is 5.09. The lowest BCUT2D eigenvalue weighted by molar-refractivity contribution is 0.0241. The minimum Gasteiger partial charge on any atom is -0.478 e. The molecule has 8 heteroatoms. The summed E-state index contributed by atoms with van der Waals surface area (Å²) in [5.41, 5.74) is 3.55. The Morgan fingerprint density at radius 1 is 1.11 bits per heavy atom. The van der Waals surface area contributed by atoms with Crippen LogP contribution in [-0.4, -0.2) is 40.4 Å². The molecule has 35 heavy (non-hydrogen) atoms. The summed E-state index contributed by atoms with van der Waals surface area (Å²) in [7, 11) is 0. The average molecular weight is 496 g/mol. The molecule has 3 heterocycles. The summed E-state index contributed by atoms with van der Waals surface area (Å²) in [5, 5.41) is 14.7. The highest BCUT2D eigenvalue weighted by Gasteiger charge is 2.33. The van der Waals surface area contributed by atoms with Gasteiger partial charge in [-0.05, 0) is 56.2 Å². The number of carbonyl (C=O) groups is 1. The van der Waals surface area contributed by atoms with Crippen molar-refractivity contribution in [3.8, 4) is 0 Å². The molecule has 3 aliphatic rings. The second kappa shape index (κ2) is 9.90.